The van der Waals surface area contributed by atoms with Crippen LogP contribution < -0.4 is 0 Å². The van der Waals surface area contributed by atoms with Gasteiger partial charge in [0, 0.05) is 24.0 Å². The maximum Gasteiger partial charge on any atom is 0.274 e. The Kier molecular flexibility index (Phi) is 3.53. The third-order valence-electron chi connectivity index (χ3n) is 3.19. The van der Waals surface area contributed by atoms with Gasteiger partial charge in [-0.3, -0.25) is 14.9 Å². The Balaban J connectivity index is 1.94. The number of aromatic nitrogens is 2. The lowest BCUT2D eigenvalue weighted by Crippen LogP contribution is -2.12. The number of hydrogen-bond donors (Lipinski definition) is 0. The van der Waals surface area contributed by atoms with E-state index in [-0.39, 0.29) is 29.6 Å². The fourth-order valence-electron chi connectivity index (χ4n) is 2.17. The molecule has 0 spiro atoms. The minimum atomic E-state index is -0.444. The van der Waals surface area contributed by atoms with Gasteiger partial charge in [0.2, 0.25) is 0 Å². The van der Waals surface area contributed by atoms with Crippen LogP contribution >= 0.6 is 0 Å². The summed E-state index contributed by atoms with van der Waals surface area (Å²) in [5.41, 5.74) is 0.506. The minimum absolute atomic E-state index is 0.00703. The summed E-state index contributed by atoms with van der Waals surface area (Å²) in [7, 11) is 0. The van der Waals surface area contributed by atoms with Gasteiger partial charge in [-0.2, -0.15) is 0 Å². The topological polar surface area (TPSA) is 91.2 Å². The number of nitrogens with zero attached hydrogens (tertiary/aromatic N) is 3. The van der Waals surface area contributed by atoms with E-state index < -0.39 is 4.92 Å². The highest BCUT2D eigenvalue weighted by Crippen LogP contribution is 2.20. The molecule has 7 nitrogen and oxygen atoms in total. The molecule has 0 aliphatic heterocycles. The molecule has 0 N–H and O–H groups in total. The van der Waals surface area contributed by atoms with Crippen LogP contribution in [-0.4, -0.2) is 20.3 Å². The Morgan fingerprint density at radius 3 is 2.82 bits per heavy atom. The standard InChI is InChI=1S/C15H11N3O4/c19-14(13-6-3-9-22-13)15-16-7-8-17(15)10-11-4-1-2-5-12(11)18(20)21/h1-9H,10H2. The van der Waals surface area contributed by atoms with Gasteiger partial charge in [-0.1, -0.05) is 18.2 Å². The molecule has 1 aromatic carbocycles. The number of rotatable bonds is 5. The summed E-state index contributed by atoms with van der Waals surface area (Å²) in [6, 6.07) is 9.56. The number of imidazole rings is 1. The predicted molar refractivity (Wildman–Crippen MR) is 76.6 cm³/mol. The van der Waals surface area contributed by atoms with Gasteiger partial charge in [-0.05, 0) is 12.1 Å². The molecule has 0 fully saturated rings. The summed E-state index contributed by atoms with van der Waals surface area (Å²) >= 11 is 0. The first kappa shape index (κ1) is 13.7. The zero-order chi connectivity index (χ0) is 15.5. The number of benzene rings is 1. The van der Waals surface area contributed by atoms with Crippen LogP contribution in [0.2, 0.25) is 0 Å². The molecule has 7 heteroatoms. The summed E-state index contributed by atoms with van der Waals surface area (Å²) in [5.74, 6) is -0.0169. The van der Waals surface area contributed by atoms with Crippen molar-refractivity contribution in [2.75, 3.05) is 0 Å². The van der Waals surface area contributed by atoms with Crippen molar-refractivity contribution in [3.05, 3.63) is 82.3 Å². The number of carbonyl (C=O) groups excluding carboxylic acids is 1. The van der Waals surface area contributed by atoms with Gasteiger partial charge < -0.3 is 8.98 Å². The Hall–Kier alpha value is -3.22. The van der Waals surface area contributed by atoms with Crippen LogP contribution in [0.1, 0.15) is 21.9 Å². The number of ketones is 1. The molecule has 0 saturated heterocycles. The number of nitro benzene ring substituents is 1. The van der Waals surface area contributed by atoms with Crippen LogP contribution in [-0.2, 0) is 6.54 Å². The molecule has 2 aromatic heterocycles. The SMILES string of the molecule is O=C(c1ccco1)c1nccn1Cc1ccccc1[N+](=O)[O-]. The van der Waals surface area contributed by atoms with Crippen molar-refractivity contribution in [2.45, 2.75) is 6.54 Å². The Labute approximate surface area is 125 Å². The van der Waals surface area contributed by atoms with Gasteiger partial charge in [-0.25, -0.2) is 4.98 Å². The van der Waals surface area contributed by atoms with Crippen molar-refractivity contribution in [1.29, 1.82) is 0 Å². The van der Waals surface area contributed by atoms with E-state index in [0.29, 0.717) is 5.56 Å². The van der Waals surface area contributed by atoms with E-state index >= 15 is 0 Å². The van der Waals surface area contributed by atoms with Gasteiger partial charge in [0.15, 0.2) is 11.6 Å². The van der Waals surface area contributed by atoms with E-state index in [9.17, 15) is 14.9 Å². The molecule has 0 atom stereocenters. The Morgan fingerprint density at radius 2 is 2.09 bits per heavy atom. The maximum atomic E-state index is 12.3. The highest BCUT2D eigenvalue weighted by Gasteiger charge is 2.20. The Morgan fingerprint density at radius 1 is 1.27 bits per heavy atom. The van der Waals surface area contributed by atoms with Crippen LogP contribution in [0.25, 0.3) is 0 Å². The van der Waals surface area contributed by atoms with E-state index in [1.165, 1.54) is 18.5 Å². The zero-order valence-electron chi connectivity index (χ0n) is 11.4. The quantitative estimate of drug-likeness (QED) is 0.410. The average Bonchev–Trinajstić information content (AvgIpc) is 3.18. The molecule has 0 unspecified atom stereocenters. The summed E-state index contributed by atoms with van der Waals surface area (Å²) < 4.78 is 6.64. The van der Waals surface area contributed by atoms with E-state index in [4.69, 9.17) is 4.42 Å². The molecule has 3 aromatic rings. The highest BCUT2D eigenvalue weighted by molar-refractivity contribution is 6.04. The molecule has 0 bridgehead atoms. The number of hydrogen-bond acceptors (Lipinski definition) is 5. The highest BCUT2D eigenvalue weighted by atomic mass is 16.6. The maximum absolute atomic E-state index is 12.3. The number of para-hydroxylation sites is 1. The number of carbonyl (C=O) groups is 1. The average molecular weight is 297 g/mol. The van der Waals surface area contributed by atoms with Crippen molar-refractivity contribution in [1.82, 2.24) is 9.55 Å². The molecule has 0 radical (unpaired) electrons. The monoisotopic (exact) mass is 297 g/mol. The second kappa shape index (κ2) is 5.65. The summed E-state index contributed by atoms with van der Waals surface area (Å²) in [6.45, 7) is 0.179. The zero-order valence-corrected chi connectivity index (χ0v) is 11.4. The first-order chi connectivity index (χ1) is 10.7. The first-order valence-corrected chi connectivity index (χ1v) is 6.48. The van der Waals surface area contributed by atoms with Gasteiger partial charge in [0.25, 0.3) is 11.5 Å². The first-order valence-electron chi connectivity index (χ1n) is 6.48. The summed E-state index contributed by atoms with van der Waals surface area (Å²) in [5, 5.41) is 11.1. The van der Waals surface area contributed by atoms with Crippen molar-refractivity contribution in [3.63, 3.8) is 0 Å². The van der Waals surface area contributed by atoms with Crippen LogP contribution in [0.15, 0.2) is 59.5 Å². The molecule has 110 valence electrons. The lowest BCUT2D eigenvalue weighted by atomic mass is 10.1. The Bertz CT molecular complexity index is 821. The fourth-order valence-corrected chi connectivity index (χ4v) is 2.17. The van der Waals surface area contributed by atoms with Crippen LogP contribution in [0, 0.1) is 10.1 Å². The van der Waals surface area contributed by atoms with Crippen molar-refractivity contribution < 1.29 is 14.1 Å². The van der Waals surface area contributed by atoms with Gasteiger partial charge in [-0.15, -0.1) is 0 Å². The summed E-state index contributed by atoms with van der Waals surface area (Å²) in [6.07, 6.45) is 4.49. The van der Waals surface area contributed by atoms with Gasteiger partial charge >= 0.3 is 0 Å². The summed E-state index contributed by atoms with van der Waals surface area (Å²) in [4.78, 5) is 26.9. The lowest BCUT2D eigenvalue weighted by molar-refractivity contribution is -0.385. The number of nitro groups is 1. The molecule has 0 amide bonds. The van der Waals surface area contributed by atoms with E-state index in [0.717, 1.165) is 0 Å². The second-order valence-electron chi connectivity index (χ2n) is 4.57. The molecule has 0 aliphatic rings. The van der Waals surface area contributed by atoms with Crippen molar-refractivity contribution in [3.8, 4) is 0 Å². The third kappa shape index (κ3) is 2.51. The molecule has 0 aliphatic carbocycles. The van der Waals surface area contributed by atoms with Crippen LogP contribution in [0.5, 0.6) is 0 Å². The van der Waals surface area contributed by atoms with Gasteiger partial charge in [0.05, 0.1) is 17.7 Å². The third-order valence-corrected chi connectivity index (χ3v) is 3.19. The lowest BCUT2D eigenvalue weighted by Gasteiger charge is -2.07. The molecular weight excluding hydrogens is 286 g/mol. The van der Waals surface area contributed by atoms with Crippen LogP contribution in [0.4, 0.5) is 5.69 Å². The molecular formula is C15H11N3O4. The fraction of sp³-hybridized carbons (Fsp3) is 0.0667. The van der Waals surface area contributed by atoms with Crippen molar-refractivity contribution >= 4 is 11.5 Å². The second-order valence-corrected chi connectivity index (χ2v) is 4.57. The molecule has 2 heterocycles. The molecule has 0 saturated carbocycles. The predicted octanol–water partition coefficient (Wildman–Crippen LogP) is 2.66. The van der Waals surface area contributed by atoms with Crippen LogP contribution in [0.3, 0.4) is 0 Å². The smallest absolute Gasteiger partial charge is 0.274 e. The van der Waals surface area contributed by atoms with Crippen molar-refractivity contribution in [2.24, 2.45) is 0 Å². The largest absolute Gasteiger partial charge is 0.461 e. The number of furan rings is 1. The molecule has 22 heavy (non-hydrogen) atoms. The van der Waals surface area contributed by atoms with E-state index in [2.05, 4.69) is 4.98 Å². The molecule has 3 rings (SSSR count). The van der Waals surface area contributed by atoms with E-state index in [1.54, 1.807) is 41.1 Å². The van der Waals surface area contributed by atoms with Gasteiger partial charge in [0.1, 0.15) is 0 Å². The minimum Gasteiger partial charge on any atom is -0.461 e. The normalized spacial score (nSPS) is 10.5. The van der Waals surface area contributed by atoms with E-state index in [1.807, 2.05) is 0 Å².